The van der Waals surface area contributed by atoms with E-state index < -0.39 is 11.6 Å². The maximum atomic E-state index is 11.8. The molecule has 1 aliphatic rings. The van der Waals surface area contributed by atoms with Crippen LogP contribution in [0.1, 0.15) is 37.3 Å². The van der Waals surface area contributed by atoms with Crippen LogP contribution >= 0.6 is 0 Å². The molecule has 0 aliphatic heterocycles. The van der Waals surface area contributed by atoms with Gasteiger partial charge in [-0.2, -0.15) is 0 Å². The fourth-order valence-electron chi connectivity index (χ4n) is 3.01. The van der Waals surface area contributed by atoms with Crippen molar-refractivity contribution < 1.29 is 14.6 Å². The predicted octanol–water partition coefficient (Wildman–Crippen LogP) is 3.94. The number of carbonyl (C=O) groups excluding carboxylic acids is 1. The molecule has 113 valence electrons. The smallest absolute Gasteiger partial charge is 0.308 e. The Kier molecular flexibility index (Phi) is 3.75. The first-order chi connectivity index (χ1) is 10.5. The van der Waals surface area contributed by atoms with Crippen molar-refractivity contribution in [3.05, 3.63) is 59.7 Å². The van der Waals surface area contributed by atoms with Gasteiger partial charge >= 0.3 is 5.97 Å². The van der Waals surface area contributed by atoms with Gasteiger partial charge in [-0.25, -0.2) is 5.11 Å². The van der Waals surface area contributed by atoms with Crippen LogP contribution in [-0.4, -0.2) is 18.2 Å². The molecule has 0 fully saturated rings. The highest BCUT2D eigenvalue weighted by molar-refractivity contribution is 5.79. The van der Waals surface area contributed by atoms with Crippen molar-refractivity contribution in [3.8, 4) is 11.1 Å². The molecule has 0 unspecified atom stereocenters. The Hall–Kier alpha value is -2.13. The van der Waals surface area contributed by atoms with Crippen LogP contribution in [0.15, 0.2) is 48.5 Å². The van der Waals surface area contributed by atoms with E-state index in [1.165, 1.54) is 36.1 Å². The van der Waals surface area contributed by atoms with Gasteiger partial charge in [-0.15, -0.1) is 0 Å². The molecule has 3 heteroatoms. The largest absolute Gasteiger partial charge is 0.465 e. The molecule has 1 aliphatic carbocycles. The minimum absolute atomic E-state index is 0.0473. The van der Waals surface area contributed by atoms with E-state index >= 15 is 0 Å². The molecule has 3 nitrogen and oxygen atoms in total. The number of hydrogen-bond acceptors (Lipinski definition) is 2. The molecule has 0 saturated carbocycles. The highest BCUT2D eigenvalue weighted by atomic mass is 16.5. The monoisotopic (exact) mass is 295 g/mol. The minimum Gasteiger partial charge on any atom is -0.465 e. The number of rotatable bonds is 4. The number of hydrogen-bond donors (Lipinski definition) is 0. The standard InChI is InChI=1S/C19H19O3/c1-19(2,21)11-18(20)22-12-17-15-9-5-3-7-13(15)14-8-4-6-10-16(14)17/h3-10,17H,11-12H2,1-2H3. The van der Waals surface area contributed by atoms with Gasteiger partial charge in [-0.3, -0.25) is 4.79 Å². The number of fused-ring (bicyclic) bond motifs is 3. The summed E-state index contributed by atoms with van der Waals surface area (Å²) in [6, 6.07) is 16.4. The normalized spacial score (nSPS) is 13.6. The van der Waals surface area contributed by atoms with E-state index in [9.17, 15) is 9.90 Å². The van der Waals surface area contributed by atoms with Crippen molar-refractivity contribution in [2.45, 2.75) is 31.8 Å². The topological polar surface area (TPSA) is 46.2 Å². The van der Waals surface area contributed by atoms with E-state index in [1.54, 1.807) is 0 Å². The van der Waals surface area contributed by atoms with Crippen LogP contribution in [0.5, 0.6) is 0 Å². The van der Waals surface area contributed by atoms with Gasteiger partial charge in [0.05, 0.1) is 6.42 Å². The molecule has 0 bridgehead atoms. The Bertz CT molecular complexity index is 652. The van der Waals surface area contributed by atoms with Crippen molar-refractivity contribution in [2.75, 3.05) is 6.61 Å². The van der Waals surface area contributed by atoms with Crippen molar-refractivity contribution in [3.63, 3.8) is 0 Å². The molecule has 1 radical (unpaired) electrons. The summed E-state index contributed by atoms with van der Waals surface area (Å²) in [6.07, 6.45) is -0.108. The third-order valence-electron chi connectivity index (χ3n) is 3.94. The Morgan fingerprint density at radius 3 is 2.00 bits per heavy atom. The van der Waals surface area contributed by atoms with E-state index in [-0.39, 0.29) is 18.9 Å². The van der Waals surface area contributed by atoms with Gasteiger partial charge in [0.25, 0.3) is 0 Å². The molecule has 3 rings (SSSR count). The number of carbonyl (C=O) groups is 1. The van der Waals surface area contributed by atoms with Crippen molar-refractivity contribution in [1.82, 2.24) is 0 Å². The first-order valence-electron chi connectivity index (χ1n) is 7.50. The second-order valence-electron chi connectivity index (χ2n) is 6.35. The lowest BCUT2D eigenvalue weighted by atomic mass is 9.98. The summed E-state index contributed by atoms with van der Waals surface area (Å²) in [7, 11) is 0. The maximum absolute atomic E-state index is 11.8. The van der Waals surface area contributed by atoms with E-state index in [0.717, 1.165) is 0 Å². The SMILES string of the molecule is CC(C)([O])CC(=O)OCC1c2ccccc2-c2ccccc21. The van der Waals surface area contributed by atoms with Gasteiger partial charge in [-0.05, 0) is 36.1 Å². The lowest BCUT2D eigenvalue weighted by Gasteiger charge is -2.17. The quantitative estimate of drug-likeness (QED) is 0.802. The van der Waals surface area contributed by atoms with Gasteiger partial charge in [0, 0.05) is 5.92 Å². The zero-order valence-corrected chi connectivity index (χ0v) is 12.8. The van der Waals surface area contributed by atoms with Gasteiger partial charge in [0.2, 0.25) is 0 Å². The second-order valence-corrected chi connectivity index (χ2v) is 6.35. The van der Waals surface area contributed by atoms with Crippen molar-refractivity contribution >= 4 is 5.97 Å². The summed E-state index contributed by atoms with van der Waals surface area (Å²) in [5, 5.41) is 11.6. The highest BCUT2D eigenvalue weighted by Gasteiger charge is 2.29. The second kappa shape index (κ2) is 5.58. The highest BCUT2D eigenvalue weighted by Crippen LogP contribution is 2.44. The summed E-state index contributed by atoms with van der Waals surface area (Å²) in [5.74, 6) is -0.382. The van der Waals surface area contributed by atoms with E-state index in [4.69, 9.17) is 4.74 Å². The van der Waals surface area contributed by atoms with E-state index in [1.807, 2.05) is 24.3 Å². The first-order valence-corrected chi connectivity index (χ1v) is 7.50. The Morgan fingerprint density at radius 1 is 1.00 bits per heavy atom. The fourth-order valence-corrected chi connectivity index (χ4v) is 3.01. The van der Waals surface area contributed by atoms with Crippen LogP contribution in [0.3, 0.4) is 0 Å². The Labute approximate surface area is 130 Å². The molecule has 2 aromatic carbocycles. The first kappa shape index (κ1) is 14.8. The summed E-state index contributed by atoms with van der Waals surface area (Å²) in [6.45, 7) is 3.27. The summed E-state index contributed by atoms with van der Waals surface area (Å²) in [4.78, 5) is 11.8. The molecule has 0 amide bonds. The van der Waals surface area contributed by atoms with Crippen LogP contribution in [-0.2, 0) is 14.6 Å². The number of benzene rings is 2. The Balaban J connectivity index is 1.81. The minimum atomic E-state index is -1.29. The predicted molar refractivity (Wildman–Crippen MR) is 84.1 cm³/mol. The van der Waals surface area contributed by atoms with E-state index in [2.05, 4.69) is 24.3 Å². The average molecular weight is 295 g/mol. The number of esters is 1. The summed E-state index contributed by atoms with van der Waals surface area (Å²) < 4.78 is 5.38. The average Bonchev–Trinajstić information content (AvgIpc) is 2.78. The molecule has 0 saturated heterocycles. The third-order valence-corrected chi connectivity index (χ3v) is 3.94. The summed E-state index contributed by atoms with van der Waals surface area (Å²) >= 11 is 0. The zero-order valence-electron chi connectivity index (χ0n) is 12.8. The molecule has 0 atom stereocenters. The molecular weight excluding hydrogens is 276 g/mol. The van der Waals surface area contributed by atoms with Crippen LogP contribution in [0.2, 0.25) is 0 Å². The van der Waals surface area contributed by atoms with Crippen LogP contribution in [0, 0.1) is 0 Å². The molecule has 0 spiro atoms. The van der Waals surface area contributed by atoms with Crippen LogP contribution in [0.25, 0.3) is 11.1 Å². The van der Waals surface area contributed by atoms with Gasteiger partial charge in [0.1, 0.15) is 12.2 Å². The fraction of sp³-hybridized carbons (Fsp3) is 0.316. The van der Waals surface area contributed by atoms with Crippen molar-refractivity contribution in [1.29, 1.82) is 0 Å². The lowest BCUT2D eigenvalue weighted by molar-refractivity contribution is -0.150. The lowest BCUT2D eigenvalue weighted by Crippen LogP contribution is -2.24. The molecule has 22 heavy (non-hydrogen) atoms. The van der Waals surface area contributed by atoms with E-state index in [0.29, 0.717) is 0 Å². The van der Waals surface area contributed by atoms with Crippen molar-refractivity contribution in [2.24, 2.45) is 0 Å². The van der Waals surface area contributed by atoms with Gasteiger partial charge in [-0.1, -0.05) is 48.5 Å². The summed E-state index contributed by atoms with van der Waals surface area (Å²) in [5.41, 5.74) is 3.46. The van der Waals surface area contributed by atoms with Gasteiger partial charge < -0.3 is 4.74 Å². The maximum Gasteiger partial charge on any atom is 0.308 e. The molecule has 0 heterocycles. The van der Waals surface area contributed by atoms with Crippen LogP contribution in [0.4, 0.5) is 0 Å². The van der Waals surface area contributed by atoms with Gasteiger partial charge in [0.15, 0.2) is 0 Å². The molecule has 2 aromatic rings. The molecular formula is C19H19O3. The molecule has 0 N–H and O–H groups in total. The Morgan fingerprint density at radius 2 is 1.50 bits per heavy atom. The zero-order chi connectivity index (χ0) is 15.7. The molecule has 0 aromatic heterocycles. The third kappa shape index (κ3) is 2.90. The van der Waals surface area contributed by atoms with Crippen LogP contribution < -0.4 is 0 Å². The number of ether oxygens (including phenoxy) is 1.